The van der Waals surface area contributed by atoms with E-state index in [2.05, 4.69) is 17.5 Å². The van der Waals surface area contributed by atoms with Crippen molar-refractivity contribution in [1.82, 2.24) is 4.90 Å². The summed E-state index contributed by atoms with van der Waals surface area (Å²) in [6.07, 6.45) is 1.78. The van der Waals surface area contributed by atoms with E-state index in [1.54, 1.807) is 12.1 Å². The number of benzene rings is 1. The number of morpholine rings is 1. The molecule has 1 aliphatic heterocycles. The van der Waals surface area contributed by atoms with Gasteiger partial charge in [-0.1, -0.05) is 18.7 Å². The molecule has 4 heteroatoms. The summed E-state index contributed by atoms with van der Waals surface area (Å²) >= 11 is 0. The van der Waals surface area contributed by atoms with Crippen LogP contribution in [0.25, 0.3) is 0 Å². The maximum atomic E-state index is 11.7. The number of rotatable bonds is 5. The summed E-state index contributed by atoms with van der Waals surface area (Å²) in [7, 11) is 0. The molecule has 0 amide bonds. The maximum absolute atomic E-state index is 11.7. The molecule has 1 unspecified atom stereocenters. The summed E-state index contributed by atoms with van der Waals surface area (Å²) in [6.45, 7) is 6.55. The number of ether oxygens (including phenoxy) is 1. The minimum absolute atomic E-state index is 0.0251. The molecule has 104 valence electrons. The van der Waals surface area contributed by atoms with Crippen LogP contribution in [0.15, 0.2) is 36.9 Å². The zero-order chi connectivity index (χ0) is 14.4. The molecule has 1 atom stereocenters. The van der Waals surface area contributed by atoms with Gasteiger partial charge in [-0.3, -0.25) is 9.69 Å². The van der Waals surface area contributed by atoms with Gasteiger partial charge in [0.1, 0.15) is 0 Å². The summed E-state index contributed by atoms with van der Waals surface area (Å²) in [5, 5.41) is 8.85. The SMILES string of the molecule is C=CC(=O)CC(c1ccc(C#N)cc1)N1CCOCC1. The third kappa shape index (κ3) is 3.53. The Hall–Kier alpha value is -1.96. The Bertz CT molecular complexity index is 510. The van der Waals surface area contributed by atoms with Crippen LogP contribution in [0.5, 0.6) is 0 Å². The Morgan fingerprint density at radius 2 is 2.05 bits per heavy atom. The van der Waals surface area contributed by atoms with Crippen molar-refractivity contribution in [3.63, 3.8) is 0 Å². The first-order chi connectivity index (χ1) is 9.74. The summed E-state index contributed by atoms with van der Waals surface area (Å²) < 4.78 is 5.36. The molecule has 1 aliphatic rings. The first-order valence-electron chi connectivity index (χ1n) is 6.71. The molecule has 0 aliphatic carbocycles. The molecular weight excluding hydrogens is 252 g/mol. The lowest BCUT2D eigenvalue weighted by Crippen LogP contribution is -2.39. The van der Waals surface area contributed by atoms with E-state index >= 15 is 0 Å². The molecule has 1 aromatic rings. The van der Waals surface area contributed by atoms with E-state index in [0.717, 1.165) is 18.7 Å². The fourth-order valence-electron chi connectivity index (χ4n) is 2.40. The molecule has 4 nitrogen and oxygen atoms in total. The number of hydrogen-bond donors (Lipinski definition) is 0. The number of nitrogens with zero attached hydrogens (tertiary/aromatic N) is 2. The van der Waals surface area contributed by atoms with Crippen molar-refractivity contribution < 1.29 is 9.53 Å². The lowest BCUT2D eigenvalue weighted by molar-refractivity contribution is -0.116. The second kappa shape index (κ2) is 6.99. The van der Waals surface area contributed by atoms with E-state index < -0.39 is 0 Å². The number of carbonyl (C=O) groups is 1. The zero-order valence-corrected chi connectivity index (χ0v) is 11.4. The topological polar surface area (TPSA) is 53.3 Å². The quantitative estimate of drug-likeness (QED) is 0.769. The molecule has 2 rings (SSSR count). The molecule has 1 heterocycles. The van der Waals surface area contributed by atoms with E-state index in [1.165, 1.54) is 6.08 Å². The van der Waals surface area contributed by atoms with Gasteiger partial charge in [-0.15, -0.1) is 0 Å². The van der Waals surface area contributed by atoms with Gasteiger partial charge in [0.15, 0.2) is 5.78 Å². The first kappa shape index (κ1) is 14.4. The van der Waals surface area contributed by atoms with E-state index in [-0.39, 0.29) is 11.8 Å². The Labute approximate surface area is 119 Å². The second-order valence-corrected chi connectivity index (χ2v) is 4.77. The maximum Gasteiger partial charge on any atom is 0.157 e. The molecule has 20 heavy (non-hydrogen) atoms. The van der Waals surface area contributed by atoms with Crippen molar-refractivity contribution in [1.29, 1.82) is 5.26 Å². The Kier molecular flexibility index (Phi) is 5.05. The van der Waals surface area contributed by atoms with Crippen LogP contribution in [0.1, 0.15) is 23.6 Å². The van der Waals surface area contributed by atoms with Crippen LogP contribution in [0, 0.1) is 11.3 Å². The lowest BCUT2D eigenvalue weighted by atomic mass is 9.98. The van der Waals surface area contributed by atoms with E-state index in [1.807, 2.05) is 12.1 Å². The van der Waals surface area contributed by atoms with E-state index in [4.69, 9.17) is 10.00 Å². The van der Waals surface area contributed by atoms with Crippen molar-refractivity contribution in [2.75, 3.05) is 26.3 Å². The van der Waals surface area contributed by atoms with Gasteiger partial charge in [0.05, 0.1) is 24.8 Å². The molecule has 1 fully saturated rings. The van der Waals surface area contributed by atoms with E-state index in [0.29, 0.717) is 25.2 Å². The van der Waals surface area contributed by atoms with Gasteiger partial charge in [-0.05, 0) is 23.8 Å². The van der Waals surface area contributed by atoms with Crippen LogP contribution < -0.4 is 0 Å². The highest BCUT2D eigenvalue weighted by atomic mass is 16.5. The first-order valence-corrected chi connectivity index (χ1v) is 6.71. The highest BCUT2D eigenvalue weighted by Crippen LogP contribution is 2.26. The van der Waals surface area contributed by atoms with Gasteiger partial charge in [0.2, 0.25) is 0 Å². The van der Waals surface area contributed by atoms with Crippen LogP contribution in [0.3, 0.4) is 0 Å². The molecule has 1 saturated heterocycles. The minimum Gasteiger partial charge on any atom is -0.379 e. The Balaban J connectivity index is 2.21. The van der Waals surface area contributed by atoms with Gasteiger partial charge in [0, 0.05) is 25.6 Å². The summed E-state index contributed by atoms with van der Waals surface area (Å²) in [5.74, 6) is 0.0332. The molecule has 0 spiro atoms. The van der Waals surface area contributed by atoms with Crippen molar-refractivity contribution in [2.24, 2.45) is 0 Å². The number of hydrogen-bond acceptors (Lipinski definition) is 4. The smallest absolute Gasteiger partial charge is 0.157 e. The van der Waals surface area contributed by atoms with Gasteiger partial charge >= 0.3 is 0 Å². The van der Waals surface area contributed by atoms with Crippen LogP contribution in [-0.4, -0.2) is 37.0 Å². The summed E-state index contributed by atoms with van der Waals surface area (Å²) in [5.41, 5.74) is 1.69. The number of allylic oxidation sites excluding steroid dienone is 1. The van der Waals surface area contributed by atoms with Crippen LogP contribution in [0.2, 0.25) is 0 Å². The fourth-order valence-corrected chi connectivity index (χ4v) is 2.40. The van der Waals surface area contributed by atoms with Gasteiger partial charge in [-0.2, -0.15) is 5.26 Å². The number of nitriles is 1. The van der Waals surface area contributed by atoms with Crippen molar-refractivity contribution >= 4 is 5.78 Å². The lowest BCUT2D eigenvalue weighted by Gasteiger charge is -2.34. The molecule has 1 aromatic carbocycles. The van der Waals surface area contributed by atoms with Crippen LogP contribution in [0.4, 0.5) is 0 Å². The van der Waals surface area contributed by atoms with E-state index in [9.17, 15) is 4.79 Å². The van der Waals surface area contributed by atoms with Crippen LogP contribution in [-0.2, 0) is 9.53 Å². The zero-order valence-electron chi connectivity index (χ0n) is 11.4. The van der Waals surface area contributed by atoms with Gasteiger partial charge in [0.25, 0.3) is 0 Å². The molecule has 0 radical (unpaired) electrons. The normalized spacial score (nSPS) is 17.1. The van der Waals surface area contributed by atoms with Gasteiger partial charge in [-0.25, -0.2) is 0 Å². The third-order valence-electron chi connectivity index (χ3n) is 3.53. The number of carbonyl (C=O) groups excluding carboxylic acids is 1. The Morgan fingerprint density at radius 1 is 1.40 bits per heavy atom. The van der Waals surface area contributed by atoms with Crippen LogP contribution >= 0.6 is 0 Å². The molecular formula is C16H18N2O2. The van der Waals surface area contributed by atoms with Crippen molar-refractivity contribution in [3.8, 4) is 6.07 Å². The highest BCUT2D eigenvalue weighted by molar-refractivity contribution is 5.89. The highest BCUT2D eigenvalue weighted by Gasteiger charge is 2.24. The molecule has 0 bridgehead atoms. The van der Waals surface area contributed by atoms with Crippen molar-refractivity contribution in [3.05, 3.63) is 48.0 Å². The summed E-state index contributed by atoms with van der Waals surface area (Å²) in [6, 6.07) is 9.57. The average Bonchev–Trinajstić information content (AvgIpc) is 2.53. The third-order valence-corrected chi connectivity index (χ3v) is 3.53. The summed E-state index contributed by atoms with van der Waals surface area (Å²) in [4.78, 5) is 14.0. The van der Waals surface area contributed by atoms with Crippen molar-refractivity contribution in [2.45, 2.75) is 12.5 Å². The monoisotopic (exact) mass is 270 g/mol. The average molecular weight is 270 g/mol. The minimum atomic E-state index is 0.0251. The van der Waals surface area contributed by atoms with Gasteiger partial charge < -0.3 is 4.74 Å². The molecule has 0 saturated carbocycles. The molecule has 0 aromatic heterocycles. The predicted octanol–water partition coefficient (Wildman–Crippen LogP) is 2.08. The standard InChI is InChI=1S/C16H18N2O2/c1-2-15(19)11-16(18-7-9-20-10-8-18)14-5-3-13(12-17)4-6-14/h2-6,16H,1,7-11H2. The molecule has 0 N–H and O–H groups in total. The predicted molar refractivity (Wildman–Crippen MR) is 76.1 cm³/mol. The number of ketones is 1. The Morgan fingerprint density at radius 3 is 2.60 bits per heavy atom. The second-order valence-electron chi connectivity index (χ2n) is 4.77. The largest absolute Gasteiger partial charge is 0.379 e. The fraction of sp³-hybridized carbons (Fsp3) is 0.375.